The Kier molecular flexibility index (Phi) is 3.10. The highest BCUT2D eigenvalue weighted by molar-refractivity contribution is 7.71. The molecule has 0 unspecified atom stereocenters. The SMILES string of the molecule is Cc1[nH]c(Cc2ccccn2)nc(=S)c1C. The van der Waals surface area contributed by atoms with Gasteiger partial charge in [0.15, 0.2) is 0 Å². The maximum absolute atomic E-state index is 5.19. The van der Waals surface area contributed by atoms with Gasteiger partial charge in [-0.2, -0.15) is 0 Å². The van der Waals surface area contributed by atoms with E-state index in [0.717, 1.165) is 22.8 Å². The lowest BCUT2D eigenvalue weighted by atomic mass is 10.2. The second-order valence-electron chi connectivity index (χ2n) is 3.74. The number of nitrogens with one attached hydrogen (secondary N) is 1. The molecule has 16 heavy (non-hydrogen) atoms. The molecule has 0 aliphatic rings. The number of pyridine rings is 1. The molecule has 0 atom stereocenters. The van der Waals surface area contributed by atoms with Crippen LogP contribution < -0.4 is 0 Å². The summed E-state index contributed by atoms with van der Waals surface area (Å²) >= 11 is 5.19. The van der Waals surface area contributed by atoms with Gasteiger partial charge in [0.05, 0.1) is 0 Å². The van der Waals surface area contributed by atoms with Crippen molar-refractivity contribution in [2.75, 3.05) is 0 Å². The molecule has 0 fully saturated rings. The number of hydrogen-bond donors (Lipinski definition) is 1. The predicted octanol–water partition coefficient (Wildman–Crippen LogP) is 2.74. The third-order valence-electron chi connectivity index (χ3n) is 2.53. The van der Waals surface area contributed by atoms with E-state index in [2.05, 4.69) is 15.0 Å². The molecule has 0 bridgehead atoms. The van der Waals surface area contributed by atoms with Gasteiger partial charge in [-0.15, -0.1) is 0 Å². The van der Waals surface area contributed by atoms with E-state index in [-0.39, 0.29) is 0 Å². The van der Waals surface area contributed by atoms with Crippen LogP contribution in [0, 0.1) is 18.5 Å². The van der Waals surface area contributed by atoms with Crippen LogP contribution in [-0.2, 0) is 6.42 Å². The summed E-state index contributed by atoms with van der Waals surface area (Å²) in [5, 5.41) is 0. The number of aromatic nitrogens is 3. The molecule has 0 amide bonds. The third kappa shape index (κ3) is 2.33. The normalized spacial score (nSPS) is 10.4. The summed E-state index contributed by atoms with van der Waals surface area (Å²) in [7, 11) is 0. The predicted molar refractivity (Wildman–Crippen MR) is 65.9 cm³/mol. The largest absolute Gasteiger partial charge is 0.347 e. The van der Waals surface area contributed by atoms with Crippen molar-refractivity contribution in [3.05, 3.63) is 51.8 Å². The van der Waals surface area contributed by atoms with Crippen molar-refractivity contribution < 1.29 is 0 Å². The molecule has 4 heteroatoms. The van der Waals surface area contributed by atoms with Crippen molar-refractivity contribution >= 4 is 12.2 Å². The fourth-order valence-corrected chi connectivity index (χ4v) is 1.73. The van der Waals surface area contributed by atoms with Gasteiger partial charge in [0, 0.05) is 29.6 Å². The van der Waals surface area contributed by atoms with Crippen LogP contribution in [0.3, 0.4) is 0 Å². The molecule has 0 radical (unpaired) electrons. The molecular weight excluding hydrogens is 218 g/mol. The first kappa shape index (κ1) is 11.0. The minimum atomic E-state index is 0.669. The van der Waals surface area contributed by atoms with Crippen molar-refractivity contribution in [1.82, 2.24) is 15.0 Å². The lowest BCUT2D eigenvalue weighted by Gasteiger charge is -2.05. The minimum Gasteiger partial charge on any atom is -0.347 e. The van der Waals surface area contributed by atoms with E-state index in [1.807, 2.05) is 32.0 Å². The molecule has 0 saturated carbocycles. The Morgan fingerprint density at radius 1 is 1.31 bits per heavy atom. The smallest absolute Gasteiger partial charge is 0.132 e. The molecule has 0 saturated heterocycles. The zero-order valence-corrected chi connectivity index (χ0v) is 10.1. The van der Waals surface area contributed by atoms with Crippen LogP contribution in [0.5, 0.6) is 0 Å². The van der Waals surface area contributed by atoms with Crippen LogP contribution in [-0.4, -0.2) is 15.0 Å². The van der Waals surface area contributed by atoms with Crippen LogP contribution in [0.25, 0.3) is 0 Å². The molecule has 0 aliphatic heterocycles. The minimum absolute atomic E-state index is 0.669. The second kappa shape index (κ2) is 4.53. The number of hydrogen-bond acceptors (Lipinski definition) is 3. The van der Waals surface area contributed by atoms with Crippen molar-refractivity contribution in [2.45, 2.75) is 20.3 Å². The van der Waals surface area contributed by atoms with E-state index < -0.39 is 0 Å². The molecule has 82 valence electrons. The fraction of sp³-hybridized carbons (Fsp3) is 0.250. The topological polar surface area (TPSA) is 41.6 Å². The first-order valence-electron chi connectivity index (χ1n) is 5.13. The third-order valence-corrected chi connectivity index (χ3v) is 2.92. The molecule has 0 aromatic carbocycles. The van der Waals surface area contributed by atoms with Crippen LogP contribution in [0.4, 0.5) is 0 Å². The van der Waals surface area contributed by atoms with Crippen molar-refractivity contribution in [2.24, 2.45) is 0 Å². The summed E-state index contributed by atoms with van der Waals surface area (Å²) in [6.07, 6.45) is 2.47. The number of nitrogens with zero attached hydrogens (tertiary/aromatic N) is 2. The van der Waals surface area contributed by atoms with E-state index in [4.69, 9.17) is 12.2 Å². The zero-order chi connectivity index (χ0) is 11.5. The Morgan fingerprint density at radius 3 is 2.75 bits per heavy atom. The highest BCUT2D eigenvalue weighted by Crippen LogP contribution is 2.07. The Balaban J connectivity index is 2.33. The number of H-pyrrole nitrogens is 1. The van der Waals surface area contributed by atoms with E-state index in [1.165, 1.54) is 0 Å². The van der Waals surface area contributed by atoms with Crippen LogP contribution in [0.15, 0.2) is 24.4 Å². The van der Waals surface area contributed by atoms with E-state index in [1.54, 1.807) is 6.20 Å². The van der Waals surface area contributed by atoms with Crippen molar-refractivity contribution in [3.63, 3.8) is 0 Å². The first-order chi connectivity index (χ1) is 7.66. The summed E-state index contributed by atoms with van der Waals surface area (Å²) in [6, 6.07) is 5.85. The average Bonchev–Trinajstić information content (AvgIpc) is 2.27. The van der Waals surface area contributed by atoms with E-state index >= 15 is 0 Å². The van der Waals surface area contributed by atoms with Gasteiger partial charge in [-0.25, -0.2) is 4.98 Å². The van der Waals surface area contributed by atoms with Crippen LogP contribution in [0.1, 0.15) is 22.8 Å². The Morgan fingerprint density at radius 2 is 2.12 bits per heavy atom. The number of rotatable bonds is 2. The maximum atomic E-state index is 5.19. The number of aryl methyl sites for hydroxylation is 1. The molecular formula is C12H13N3S. The quantitative estimate of drug-likeness (QED) is 0.808. The Labute approximate surface area is 99.6 Å². The molecule has 2 rings (SSSR count). The lowest BCUT2D eigenvalue weighted by Crippen LogP contribution is -2.02. The van der Waals surface area contributed by atoms with Gasteiger partial charge < -0.3 is 4.98 Å². The lowest BCUT2D eigenvalue weighted by molar-refractivity contribution is 0.897. The fourth-order valence-electron chi connectivity index (χ4n) is 1.46. The zero-order valence-electron chi connectivity index (χ0n) is 9.32. The summed E-state index contributed by atoms with van der Waals surface area (Å²) in [6.45, 7) is 3.99. The van der Waals surface area contributed by atoms with Gasteiger partial charge in [0.2, 0.25) is 0 Å². The standard InChI is InChI=1S/C12H13N3S/c1-8-9(2)14-11(15-12(8)16)7-10-5-3-4-6-13-10/h3-6H,7H2,1-2H3,(H,14,15,16). The average molecular weight is 231 g/mol. The molecule has 2 heterocycles. The molecule has 0 spiro atoms. The second-order valence-corrected chi connectivity index (χ2v) is 4.12. The van der Waals surface area contributed by atoms with Gasteiger partial charge in [-0.3, -0.25) is 4.98 Å². The maximum Gasteiger partial charge on any atom is 0.132 e. The van der Waals surface area contributed by atoms with Gasteiger partial charge in [0.25, 0.3) is 0 Å². The van der Waals surface area contributed by atoms with Gasteiger partial charge in [-0.1, -0.05) is 18.3 Å². The van der Waals surface area contributed by atoms with Gasteiger partial charge >= 0.3 is 0 Å². The van der Waals surface area contributed by atoms with Crippen molar-refractivity contribution in [1.29, 1.82) is 0 Å². The summed E-state index contributed by atoms with van der Waals surface area (Å²) in [4.78, 5) is 11.9. The number of aromatic amines is 1. The Bertz CT molecular complexity index is 546. The van der Waals surface area contributed by atoms with Crippen LogP contribution in [0.2, 0.25) is 0 Å². The molecule has 2 aromatic heterocycles. The summed E-state index contributed by atoms with van der Waals surface area (Å²) in [5.74, 6) is 0.867. The summed E-state index contributed by atoms with van der Waals surface area (Å²) in [5.41, 5.74) is 3.11. The van der Waals surface area contributed by atoms with Crippen molar-refractivity contribution in [3.8, 4) is 0 Å². The highest BCUT2D eigenvalue weighted by Gasteiger charge is 2.02. The van der Waals surface area contributed by atoms with Gasteiger partial charge in [-0.05, 0) is 26.0 Å². The first-order valence-corrected chi connectivity index (χ1v) is 5.54. The Hall–Kier alpha value is -1.55. The van der Waals surface area contributed by atoms with Gasteiger partial charge in [0.1, 0.15) is 10.5 Å². The monoisotopic (exact) mass is 231 g/mol. The molecule has 3 nitrogen and oxygen atoms in total. The molecule has 0 aliphatic carbocycles. The van der Waals surface area contributed by atoms with Crippen LogP contribution >= 0.6 is 12.2 Å². The van der Waals surface area contributed by atoms with E-state index in [9.17, 15) is 0 Å². The van der Waals surface area contributed by atoms with E-state index in [0.29, 0.717) is 11.1 Å². The summed E-state index contributed by atoms with van der Waals surface area (Å²) < 4.78 is 0.669. The molecule has 2 aromatic rings. The highest BCUT2D eigenvalue weighted by atomic mass is 32.1. The molecule has 1 N–H and O–H groups in total.